The molecular formula is C20H24N4O. The maximum Gasteiger partial charge on any atom is 0.151 e. The number of ether oxygens (including phenoxy) is 1. The van der Waals surface area contributed by atoms with Gasteiger partial charge in [-0.1, -0.05) is 48.5 Å². The van der Waals surface area contributed by atoms with Gasteiger partial charge in [-0.3, -0.25) is 4.57 Å². The van der Waals surface area contributed by atoms with Gasteiger partial charge in [0, 0.05) is 11.7 Å². The summed E-state index contributed by atoms with van der Waals surface area (Å²) in [6.07, 6.45) is 1.83. The summed E-state index contributed by atoms with van der Waals surface area (Å²) in [6, 6.07) is 20.5. The quantitative estimate of drug-likeness (QED) is 0.685. The lowest BCUT2D eigenvalue weighted by atomic mass is 10.2. The highest BCUT2D eigenvalue weighted by atomic mass is 16.5. The molecule has 0 radical (unpaired) electrons. The standard InChI is InChI=1S/C20H24N4O/c1-16(17(2)25-14-18-9-5-3-6-10-18)21-13-20-23-22-15-24(20)19-11-7-4-8-12-19/h3-12,15-17,21H,13-14H2,1-2H3. The van der Waals surface area contributed by atoms with Gasteiger partial charge >= 0.3 is 0 Å². The van der Waals surface area contributed by atoms with Gasteiger partial charge in [0.05, 0.1) is 19.3 Å². The maximum atomic E-state index is 5.97. The second-order valence-corrected chi connectivity index (χ2v) is 6.12. The molecule has 0 fully saturated rings. The topological polar surface area (TPSA) is 52.0 Å². The van der Waals surface area contributed by atoms with Crippen LogP contribution >= 0.6 is 0 Å². The fourth-order valence-electron chi connectivity index (χ4n) is 2.55. The average Bonchev–Trinajstić information content (AvgIpc) is 3.14. The van der Waals surface area contributed by atoms with Crippen LogP contribution in [0.5, 0.6) is 0 Å². The Morgan fingerprint density at radius 1 is 1.00 bits per heavy atom. The molecule has 2 unspecified atom stereocenters. The summed E-state index contributed by atoms with van der Waals surface area (Å²) in [5.41, 5.74) is 2.25. The Bertz CT molecular complexity index is 758. The van der Waals surface area contributed by atoms with Gasteiger partial charge in [-0.2, -0.15) is 0 Å². The van der Waals surface area contributed by atoms with Gasteiger partial charge in [-0.15, -0.1) is 10.2 Å². The third-order valence-corrected chi connectivity index (χ3v) is 4.29. The molecule has 3 rings (SSSR count). The van der Waals surface area contributed by atoms with Crippen molar-refractivity contribution in [3.8, 4) is 5.69 Å². The zero-order valence-corrected chi connectivity index (χ0v) is 14.7. The first-order chi connectivity index (χ1) is 12.2. The van der Waals surface area contributed by atoms with Crippen LogP contribution in [0.1, 0.15) is 25.2 Å². The van der Waals surface area contributed by atoms with E-state index < -0.39 is 0 Å². The normalized spacial score (nSPS) is 13.5. The molecule has 1 N–H and O–H groups in total. The van der Waals surface area contributed by atoms with Crippen LogP contribution in [0.15, 0.2) is 67.0 Å². The number of hydrogen-bond acceptors (Lipinski definition) is 4. The highest BCUT2D eigenvalue weighted by Gasteiger charge is 2.14. The van der Waals surface area contributed by atoms with E-state index in [1.807, 2.05) is 53.1 Å². The molecule has 0 saturated heterocycles. The predicted octanol–water partition coefficient (Wildman–Crippen LogP) is 3.35. The van der Waals surface area contributed by atoms with Gasteiger partial charge in [0.2, 0.25) is 0 Å². The molecule has 5 nitrogen and oxygen atoms in total. The fraction of sp³-hybridized carbons (Fsp3) is 0.300. The van der Waals surface area contributed by atoms with Gasteiger partial charge in [0.1, 0.15) is 6.33 Å². The second-order valence-electron chi connectivity index (χ2n) is 6.12. The smallest absolute Gasteiger partial charge is 0.151 e. The van der Waals surface area contributed by atoms with Crippen molar-refractivity contribution in [2.45, 2.75) is 39.1 Å². The Morgan fingerprint density at radius 3 is 2.40 bits per heavy atom. The first kappa shape index (κ1) is 17.3. The lowest BCUT2D eigenvalue weighted by molar-refractivity contribution is 0.0307. The first-order valence-corrected chi connectivity index (χ1v) is 8.57. The first-order valence-electron chi connectivity index (χ1n) is 8.57. The van der Waals surface area contributed by atoms with E-state index >= 15 is 0 Å². The van der Waals surface area contributed by atoms with E-state index in [-0.39, 0.29) is 12.1 Å². The van der Waals surface area contributed by atoms with Crippen LogP contribution in [0.2, 0.25) is 0 Å². The Morgan fingerprint density at radius 2 is 1.68 bits per heavy atom. The van der Waals surface area contributed by atoms with Crippen LogP contribution in [0.25, 0.3) is 5.69 Å². The molecule has 2 atom stereocenters. The number of para-hydroxylation sites is 1. The molecule has 1 aromatic heterocycles. The highest BCUT2D eigenvalue weighted by molar-refractivity contribution is 5.31. The van der Waals surface area contributed by atoms with Gasteiger partial charge in [0.25, 0.3) is 0 Å². The van der Waals surface area contributed by atoms with E-state index in [1.54, 1.807) is 6.33 Å². The van der Waals surface area contributed by atoms with E-state index in [1.165, 1.54) is 5.56 Å². The molecule has 0 amide bonds. The SMILES string of the molecule is CC(NCc1nncn1-c1ccccc1)C(C)OCc1ccccc1. The molecule has 5 heteroatoms. The van der Waals surface area contributed by atoms with Crippen LogP contribution in [-0.4, -0.2) is 26.9 Å². The lowest BCUT2D eigenvalue weighted by Crippen LogP contribution is -2.37. The molecule has 0 saturated carbocycles. The summed E-state index contributed by atoms with van der Waals surface area (Å²) >= 11 is 0. The molecule has 1 heterocycles. The minimum absolute atomic E-state index is 0.0910. The van der Waals surface area contributed by atoms with Crippen molar-refractivity contribution in [3.63, 3.8) is 0 Å². The van der Waals surface area contributed by atoms with Gasteiger partial charge in [0.15, 0.2) is 5.82 Å². The average molecular weight is 336 g/mol. The second kappa shape index (κ2) is 8.55. The van der Waals surface area contributed by atoms with Crippen molar-refractivity contribution in [1.82, 2.24) is 20.1 Å². The summed E-state index contributed by atoms with van der Waals surface area (Å²) in [5, 5.41) is 11.7. The van der Waals surface area contributed by atoms with E-state index in [0.717, 1.165) is 11.5 Å². The van der Waals surface area contributed by atoms with Crippen LogP contribution in [-0.2, 0) is 17.9 Å². The minimum atomic E-state index is 0.0910. The Kier molecular flexibility index (Phi) is 5.93. The van der Waals surface area contributed by atoms with Crippen molar-refractivity contribution in [2.24, 2.45) is 0 Å². The van der Waals surface area contributed by atoms with Gasteiger partial charge in [-0.05, 0) is 31.5 Å². The van der Waals surface area contributed by atoms with Crippen LogP contribution < -0.4 is 5.32 Å². The Balaban J connectivity index is 1.52. The number of nitrogens with zero attached hydrogens (tertiary/aromatic N) is 3. The molecule has 130 valence electrons. The number of rotatable bonds is 8. The van der Waals surface area contributed by atoms with Crippen molar-refractivity contribution in [1.29, 1.82) is 0 Å². The summed E-state index contributed by atoms with van der Waals surface area (Å²) in [4.78, 5) is 0. The molecule has 25 heavy (non-hydrogen) atoms. The van der Waals surface area contributed by atoms with E-state index in [0.29, 0.717) is 13.2 Å². The molecular weight excluding hydrogens is 312 g/mol. The molecule has 2 aromatic carbocycles. The lowest BCUT2D eigenvalue weighted by Gasteiger charge is -2.22. The molecule has 0 aliphatic heterocycles. The fourth-order valence-corrected chi connectivity index (χ4v) is 2.55. The van der Waals surface area contributed by atoms with Crippen molar-refractivity contribution in [3.05, 3.63) is 78.4 Å². The minimum Gasteiger partial charge on any atom is -0.372 e. The number of benzene rings is 2. The van der Waals surface area contributed by atoms with Crippen LogP contribution in [0.3, 0.4) is 0 Å². The number of aromatic nitrogens is 3. The van der Waals surface area contributed by atoms with Crippen LogP contribution in [0.4, 0.5) is 0 Å². The van der Waals surface area contributed by atoms with Crippen LogP contribution in [0, 0.1) is 0 Å². The van der Waals surface area contributed by atoms with Gasteiger partial charge < -0.3 is 10.1 Å². The summed E-state index contributed by atoms with van der Waals surface area (Å²) in [6.45, 7) is 5.46. The molecule has 0 bridgehead atoms. The van der Waals surface area contributed by atoms with E-state index in [9.17, 15) is 0 Å². The molecule has 3 aromatic rings. The Labute approximate surface area is 148 Å². The molecule has 0 aliphatic carbocycles. The monoisotopic (exact) mass is 336 g/mol. The van der Waals surface area contributed by atoms with E-state index in [2.05, 4.69) is 41.5 Å². The molecule has 0 spiro atoms. The van der Waals surface area contributed by atoms with E-state index in [4.69, 9.17) is 4.74 Å². The number of hydrogen-bond donors (Lipinski definition) is 1. The largest absolute Gasteiger partial charge is 0.372 e. The van der Waals surface area contributed by atoms with Crippen molar-refractivity contribution in [2.75, 3.05) is 0 Å². The predicted molar refractivity (Wildman–Crippen MR) is 98.4 cm³/mol. The number of nitrogens with one attached hydrogen (secondary N) is 1. The summed E-state index contributed by atoms with van der Waals surface area (Å²) in [7, 11) is 0. The van der Waals surface area contributed by atoms with Crippen molar-refractivity contribution < 1.29 is 4.74 Å². The Hall–Kier alpha value is -2.50. The molecule has 0 aliphatic rings. The summed E-state index contributed by atoms with van der Waals surface area (Å²) < 4.78 is 7.96. The third-order valence-electron chi connectivity index (χ3n) is 4.29. The van der Waals surface area contributed by atoms with Gasteiger partial charge in [-0.25, -0.2) is 0 Å². The third kappa shape index (κ3) is 4.75. The maximum absolute atomic E-state index is 5.97. The highest BCUT2D eigenvalue weighted by Crippen LogP contribution is 2.10. The zero-order chi connectivity index (χ0) is 17.5. The summed E-state index contributed by atoms with van der Waals surface area (Å²) in [5.74, 6) is 0.883. The zero-order valence-electron chi connectivity index (χ0n) is 14.7. The van der Waals surface area contributed by atoms with Crippen molar-refractivity contribution >= 4 is 0 Å².